The minimum atomic E-state index is -0.479. The monoisotopic (exact) mass is 466 g/mol. The lowest BCUT2D eigenvalue weighted by atomic mass is 9.86. The quantitative estimate of drug-likeness (QED) is 0.367. The number of hydrogen-bond donors (Lipinski definition) is 2. The molecule has 1 aromatic rings. The Hall–Kier alpha value is -1.67. The van der Waals surface area contributed by atoms with Gasteiger partial charge in [-0.3, -0.25) is 10.1 Å². The normalized spacial score (nSPS) is 22.7. The molecular weight excluding hydrogens is 424 g/mol. The summed E-state index contributed by atoms with van der Waals surface area (Å²) in [4.78, 5) is 12.5. The summed E-state index contributed by atoms with van der Waals surface area (Å²) in [7, 11) is 4.07. The second-order valence-corrected chi connectivity index (χ2v) is 10.7. The van der Waals surface area contributed by atoms with Crippen molar-refractivity contribution >= 4 is 11.8 Å². The third-order valence-electron chi connectivity index (χ3n) is 6.20. The van der Waals surface area contributed by atoms with Crippen molar-refractivity contribution in [1.82, 2.24) is 10.2 Å². The second kappa shape index (κ2) is 14.5. The highest BCUT2D eigenvalue weighted by Crippen LogP contribution is 2.32. The summed E-state index contributed by atoms with van der Waals surface area (Å²) < 4.78 is 6.00. The van der Waals surface area contributed by atoms with E-state index in [0.717, 1.165) is 49.3 Å². The standard InChI is InChI=1S/C24H42N4O3S/c1-19(32-18-21-15-14-20(31-21)16-27(2)3)22-12-10-8-6-4-5-7-9-11-13-23(22)26-24(25)17-28(29)30/h14-15,17,19,22-23,26H,4-13,16,18,25H2,1-3H3. The molecule has 7 nitrogen and oxygen atoms in total. The molecule has 3 N–H and O–H groups in total. The first-order valence-corrected chi connectivity index (χ1v) is 13.1. The molecule has 1 fully saturated rings. The van der Waals surface area contributed by atoms with Gasteiger partial charge in [-0.25, -0.2) is 0 Å². The number of thioether (sulfide) groups is 1. The fourth-order valence-corrected chi connectivity index (χ4v) is 5.72. The second-order valence-electron chi connectivity index (χ2n) is 9.31. The van der Waals surface area contributed by atoms with E-state index in [-0.39, 0.29) is 11.9 Å². The van der Waals surface area contributed by atoms with E-state index in [2.05, 4.69) is 29.3 Å². The molecule has 0 saturated heterocycles. The Balaban J connectivity index is 2.06. The summed E-state index contributed by atoms with van der Waals surface area (Å²) in [6.07, 6.45) is 13.0. The topological polar surface area (TPSA) is 97.6 Å². The van der Waals surface area contributed by atoms with E-state index >= 15 is 0 Å². The molecule has 0 aromatic carbocycles. The van der Waals surface area contributed by atoms with E-state index in [4.69, 9.17) is 10.2 Å². The molecule has 0 aliphatic heterocycles. The lowest BCUT2D eigenvalue weighted by molar-refractivity contribution is -0.403. The maximum absolute atomic E-state index is 10.9. The molecule has 2 rings (SSSR count). The van der Waals surface area contributed by atoms with Gasteiger partial charge in [0.1, 0.15) is 11.5 Å². The highest BCUT2D eigenvalue weighted by molar-refractivity contribution is 7.99. The minimum Gasteiger partial charge on any atom is -0.464 e. The lowest BCUT2D eigenvalue weighted by Crippen LogP contribution is -2.42. The number of furan rings is 1. The Morgan fingerprint density at radius 3 is 2.41 bits per heavy atom. The third kappa shape index (κ3) is 10.3. The van der Waals surface area contributed by atoms with E-state index in [1.165, 1.54) is 44.9 Å². The van der Waals surface area contributed by atoms with Crippen molar-refractivity contribution in [3.05, 3.63) is 45.8 Å². The van der Waals surface area contributed by atoms with Gasteiger partial charge in [-0.2, -0.15) is 11.8 Å². The van der Waals surface area contributed by atoms with Crippen molar-refractivity contribution in [2.75, 3.05) is 14.1 Å². The van der Waals surface area contributed by atoms with Crippen molar-refractivity contribution in [1.29, 1.82) is 0 Å². The molecule has 8 heteroatoms. The van der Waals surface area contributed by atoms with Crippen molar-refractivity contribution < 1.29 is 9.34 Å². The van der Waals surface area contributed by atoms with Crippen LogP contribution in [0.15, 0.2) is 28.6 Å². The highest BCUT2D eigenvalue weighted by Gasteiger charge is 2.28. The largest absolute Gasteiger partial charge is 0.464 e. The van der Waals surface area contributed by atoms with Gasteiger partial charge in [0.2, 0.25) is 0 Å². The van der Waals surface area contributed by atoms with Crippen LogP contribution in [0.3, 0.4) is 0 Å². The molecule has 1 aromatic heterocycles. The van der Waals surface area contributed by atoms with Crippen molar-refractivity contribution in [3.8, 4) is 0 Å². The van der Waals surface area contributed by atoms with Gasteiger partial charge < -0.3 is 20.4 Å². The number of hydrogen-bond acceptors (Lipinski definition) is 7. The van der Waals surface area contributed by atoms with Crippen LogP contribution in [-0.4, -0.2) is 35.2 Å². The van der Waals surface area contributed by atoms with Gasteiger partial charge in [-0.05, 0) is 45.0 Å². The third-order valence-corrected chi connectivity index (χ3v) is 7.52. The van der Waals surface area contributed by atoms with Crippen LogP contribution in [0.2, 0.25) is 0 Å². The number of nitrogens with two attached hydrogens (primary N) is 1. The molecule has 3 unspecified atom stereocenters. The van der Waals surface area contributed by atoms with Crippen LogP contribution >= 0.6 is 11.8 Å². The number of nitrogens with zero attached hydrogens (tertiary/aromatic N) is 2. The summed E-state index contributed by atoms with van der Waals surface area (Å²) >= 11 is 1.91. The Kier molecular flexibility index (Phi) is 12.0. The highest BCUT2D eigenvalue weighted by atomic mass is 32.2. The molecule has 32 heavy (non-hydrogen) atoms. The molecule has 1 aliphatic carbocycles. The molecule has 182 valence electrons. The van der Waals surface area contributed by atoms with Gasteiger partial charge in [0.05, 0.1) is 17.2 Å². The van der Waals surface area contributed by atoms with Crippen LogP contribution in [0.25, 0.3) is 0 Å². The first-order valence-electron chi connectivity index (χ1n) is 12.1. The van der Waals surface area contributed by atoms with Gasteiger partial charge in [-0.1, -0.05) is 58.3 Å². The van der Waals surface area contributed by atoms with Crippen LogP contribution < -0.4 is 11.1 Å². The first kappa shape index (κ1) is 26.6. The van der Waals surface area contributed by atoms with Gasteiger partial charge in [0.15, 0.2) is 5.82 Å². The fraction of sp³-hybridized carbons (Fsp3) is 0.750. The minimum absolute atomic E-state index is 0.147. The Bertz CT molecular complexity index is 707. The average Bonchev–Trinajstić information content (AvgIpc) is 3.14. The zero-order chi connectivity index (χ0) is 23.3. The van der Waals surface area contributed by atoms with Crippen LogP contribution in [0.5, 0.6) is 0 Å². The molecule has 0 radical (unpaired) electrons. The SMILES string of the molecule is CC(SCc1ccc(CN(C)C)o1)C1CCCCCCCCCCC1NC(N)=C[N+](=O)[O-]. The van der Waals surface area contributed by atoms with Crippen LogP contribution in [0, 0.1) is 16.0 Å². The van der Waals surface area contributed by atoms with Crippen LogP contribution in [0.4, 0.5) is 0 Å². The van der Waals surface area contributed by atoms with E-state index in [1.54, 1.807) is 0 Å². The van der Waals surface area contributed by atoms with Gasteiger partial charge in [-0.15, -0.1) is 0 Å². The van der Waals surface area contributed by atoms with Gasteiger partial charge in [0, 0.05) is 11.3 Å². The maximum atomic E-state index is 10.9. The smallest absolute Gasteiger partial charge is 0.273 e. The fourth-order valence-electron chi connectivity index (χ4n) is 4.56. The van der Waals surface area contributed by atoms with Crippen molar-refractivity contribution in [2.45, 2.75) is 94.7 Å². The van der Waals surface area contributed by atoms with Crippen LogP contribution in [0.1, 0.15) is 82.7 Å². The van der Waals surface area contributed by atoms with E-state index in [9.17, 15) is 10.1 Å². The predicted molar refractivity (Wildman–Crippen MR) is 133 cm³/mol. The lowest BCUT2D eigenvalue weighted by Gasteiger charge is -2.33. The van der Waals surface area contributed by atoms with Crippen LogP contribution in [-0.2, 0) is 12.3 Å². The predicted octanol–water partition coefficient (Wildman–Crippen LogP) is 5.49. The summed E-state index contributed by atoms with van der Waals surface area (Å²) in [6, 6.07) is 4.28. The number of rotatable bonds is 9. The van der Waals surface area contributed by atoms with E-state index < -0.39 is 4.92 Å². The maximum Gasteiger partial charge on any atom is 0.273 e. The summed E-state index contributed by atoms with van der Waals surface area (Å²) in [5.41, 5.74) is 5.97. The zero-order valence-electron chi connectivity index (χ0n) is 20.1. The average molecular weight is 467 g/mol. The Morgan fingerprint density at radius 2 is 1.78 bits per heavy atom. The molecule has 0 amide bonds. The molecular formula is C24H42N4O3S. The van der Waals surface area contributed by atoms with Gasteiger partial charge in [0.25, 0.3) is 6.20 Å². The molecule has 1 aliphatic rings. The summed E-state index contributed by atoms with van der Waals surface area (Å²) in [5.74, 6) is 3.38. The first-order chi connectivity index (χ1) is 15.3. The Morgan fingerprint density at radius 1 is 1.19 bits per heavy atom. The number of nitro groups is 1. The molecule has 1 saturated carbocycles. The van der Waals surface area contributed by atoms with Gasteiger partial charge >= 0.3 is 0 Å². The van der Waals surface area contributed by atoms with E-state index in [0.29, 0.717) is 11.2 Å². The zero-order valence-corrected chi connectivity index (χ0v) is 20.9. The number of nitrogens with one attached hydrogen (secondary N) is 1. The van der Waals surface area contributed by atoms with Crippen molar-refractivity contribution in [2.24, 2.45) is 11.7 Å². The summed E-state index contributed by atoms with van der Waals surface area (Å²) in [5, 5.41) is 14.6. The summed E-state index contributed by atoms with van der Waals surface area (Å²) in [6.45, 7) is 3.09. The molecule has 0 bridgehead atoms. The molecule has 3 atom stereocenters. The van der Waals surface area contributed by atoms with Crippen molar-refractivity contribution in [3.63, 3.8) is 0 Å². The Labute approximate surface area is 197 Å². The van der Waals surface area contributed by atoms with E-state index in [1.807, 2.05) is 25.9 Å². The molecule has 1 heterocycles. The molecule has 0 spiro atoms.